The molecule has 2 heteroatoms. The standard InChI is InChI=1S/C10H18O2/c1-5-10(3,4)9(12)7-6-8(2)11/h6-7,9,12H,5H2,1-4H3/b7-6+. The SMILES string of the molecule is CCC(C)(C)C(O)/C=C/C(C)=O. The number of aliphatic hydroxyl groups excluding tert-OH is 1. The molecule has 0 rings (SSSR count). The maximum Gasteiger partial charge on any atom is 0.152 e. The number of carbonyl (C=O) groups is 1. The minimum atomic E-state index is -0.536. The van der Waals surface area contributed by atoms with Gasteiger partial charge in [0.05, 0.1) is 6.10 Å². The zero-order chi connectivity index (χ0) is 9.78. The van der Waals surface area contributed by atoms with Crippen LogP contribution in [0.4, 0.5) is 0 Å². The summed E-state index contributed by atoms with van der Waals surface area (Å²) in [5.41, 5.74) is -0.147. The molecule has 0 aliphatic rings. The normalized spacial score (nSPS) is 15.1. The Hall–Kier alpha value is -0.630. The van der Waals surface area contributed by atoms with Crippen LogP contribution in [0.25, 0.3) is 0 Å². The lowest BCUT2D eigenvalue weighted by atomic mass is 9.83. The minimum Gasteiger partial charge on any atom is -0.388 e. The second-order valence-electron chi connectivity index (χ2n) is 3.76. The van der Waals surface area contributed by atoms with Gasteiger partial charge >= 0.3 is 0 Å². The van der Waals surface area contributed by atoms with E-state index in [4.69, 9.17) is 0 Å². The zero-order valence-corrected chi connectivity index (χ0v) is 8.29. The molecule has 0 aromatic heterocycles. The highest BCUT2D eigenvalue weighted by atomic mass is 16.3. The Labute approximate surface area is 74.3 Å². The van der Waals surface area contributed by atoms with Crippen molar-refractivity contribution in [3.05, 3.63) is 12.2 Å². The molecular formula is C10H18O2. The fourth-order valence-corrected chi connectivity index (χ4v) is 0.696. The lowest BCUT2D eigenvalue weighted by Crippen LogP contribution is -2.26. The first-order chi connectivity index (χ1) is 5.40. The van der Waals surface area contributed by atoms with Crippen LogP contribution in [0.15, 0.2) is 12.2 Å². The first kappa shape index (κ1) is 11.4. The molecule has 0 aliphatic carbocycles. The molecule has 0 fully saturated rings. The number of rotatable bonds is 4. The zero-order valence-electron chi connectivity index (χ0n) is 8.29. The van der Waals surface area contributed by atoms with Gasteiger partial charge in [-0.3, -0.25) is 4.79 Å². The van der Waals surface area contributed by atoms with Crippen molar-refractivity contribution in [2.45, 2.75) is 40.2 Å². The van der Waals surface area contributed by atoms with Gasteiger partial charge in [0, 0.05) is 0 Å². The highest BCUT2D eigenvalue weighted by molar-refractivity contribution is 5.87. The average Bonchev–Trinajstić information content (AvgIpc) is 2.00. The van der Waals surface area contributed by atoms with E-state index in [2.05, 4.69) is 0 Å². The number of ketones is 1. The van der Waals surface area contributed by atoms with Crippen LogP contribution >= 0.6 is 0 Å². The van der Waals surface area contributed by atoms with Crippen LogP contribution in [0.2, 0.25) is 0 Å². The first-order valence-corrected chi connectivity index (χ1v) is 4.27. The summed E-state index contributed by atoms with van der Waals surface area (Å²) in [6, 6.07) is 0. The monoisotopic (exact) mass is 170 g/mol. The van der Waals surface area contributed by atoms with Gasteiger partial charge in [-0.2, -0.15) is 0 Å². The molecule has 0 aromatic carbocycles. The Morgan fingerprint density at radius 2 is 2.08 bits per heavy atom. The van der Waals surface area contributed by atoms with E-state index in [1.54, 1.807) is 6.08 Å². The molecule has 0 aromatic rings. The van der Waals surface area contributed by atoms with Crippen molar-refractivity contribution in [1.82, 2.24) is 0 Å². The van der Waals surface area contributed by atoms with Gasteiger partial charge in [-0.05, 0) is 24.8 Å². The van der Waals surface area contributed by atoms with Crippen LogP contribution in [0.3, 0.4) is 0 Å². The summed E-state index contributed by atoms with van der Waals surface area (Å²) in [6.45, 7) is 7.44. The summed E-state index contributed by atoms with van der Waals surface area (Å²) < 4.78 is 0. The molecule has 0 amide bonds. The largest absolute Gasteiger partial charge is 0.388 e. The van der Waals surface area contributed by atoms with Crippen LogP contribution in [-0.4, -0.2) is 17.0 Å². The highest BCUT2D eigenvalue weighted by Gasteiger charge is 2.23. The fourth-order valence-electron chi connectivity index (χ4n) is 0.696. The van der Waals surface area contributed by atoms with Crippen molar-refractivity contribution in [2.24, 2.45) is 5.41 Å². The Kier molecular flexibility index (Phi) is 4.18. The molecule has 12 heavy (non-hydrogen) atoms. The lowest BCUT2D eigenvalue weighted by Gasteiger charge is -2.26. The third-order valence-electron chi connectivity index (χ3n) is 2.23. The van der Waals surface area contributed by atoms with Gasteiger partial charge < -0.3 is 5.11 Å². The van der Waals surface area contributed by atoms with E-state index in [-0.39, 0.29) is 11.2 Å². The number of hydrogen-bond donors (Lipinski definition) is 1. The molecule has 70 valence electrons. The second kappa shape index (κ2) is 4.41. The Morgan fingerprint density at radius 3 is 2.42 bits per heavy atom. The second-order valence-corrected chi connectivity index (χ2v) is 3.76. The van der Waals surface area contributed by atoms with E-state index in [0.717, 1.165) is 6.42 Å². The van der Waals surface area contributed by atoms with Gasteiger partial charge in [0.15, 0.2) is 5.78 Å². The number of carbonyl (C=O) groups excluding carboxylic acids is 1. The third kappa shape index (κ3) is 3.67. The van der Waals surface area contributed by atoms with Gasteiger partial charge in [-0.1, -0.05) is 26.8 Å². The summed E-state index contributed by atoms with van der Waals surface area (Å²) in [6.07, 6.45) is 3.33. The minimum absolute atomic E-state index is 0.0269. The van der Waals surface area contributed by atoms with Crippen molar-refractivity contribution in [3.8, 4) is 0 Å². The Balaban J connectivity index is 4.20. The summed E-state index contributed by atoms with van der Waals surface area (Å²) >= 11 is 0. The molecule has 0 aliphatic heterocycles. The summed E-state index contributed by atoms with van der Waals surface area (Å²) in [4.78, 5) is 10.6. The van der Waals surface area contributed by atoms with Crippen molar-refractivity contribution < 1.29 is 9.90 Å². The van der Waals surface area contributed by atoms with E-state index in [1.807, 2.05) is 20.8 Å². The molecule has 0 spiro atoms. The van der Waals surface area contributed by atoms with Crippen molar-refractivity contribution >= 4 is 5.78 Å². The molecule has 0 saturated heterocycles. The third-order valence-corrected chi connectivity index (χ3v) is 2.23. The van der Waals surface area contributed by atoms with Crippen molar-refractivity contribution in [1.29, 1.82) is 0 Å². The smallest absolute Gasteiger partial charge is 0.152 e. The maximum absolute atomic E-state index is 10.6. The van der Waals surface area contributed by atoms with Crippen LogP contribution in [0.1, 0.15) is 34.1 Å². The van der Waals surface area contributed by atoms with Crippen LogP contribution < -0.4 is 0 Å². The van der Waals surface area contributed by atoms with Gasteiger partial charge in [0.2, 0.25) is 0 Å². The van der Waals surface area contributed by atoms with E-state index in [9.17, 15) is 9.90 Å². The molecule has 1 atom stereocenters. The fraction of sp³-hybridized carbons (Fsp3) is 0.700. The first-order valence-electron chi connectivity index (χ1n) is 4.27. The number of aliphatic hydroxyl groups is 1. The van der Waals surface area contributed by atoms with Crippen LogP contribution in [0, 0.1) is 5.41 Å². The molecule has 2 nitrogen and oxygen atoms in total. The van der Waals surface area contributed by atoms with E-state index in [1.165, 1.54) is 13.0 Å². The molecule has 0 heterocycles. The molecule has 1 unspecified atom stereocenters. The maximum atomic E-state index is 10.6. The predicted molar refractivity (Wildman–Crippen MR) is 49.9 cm³/mol. The summed E-state index contributed by atoms with van der Waals surface area (Å²) in [5, 5.41) is 9.59. The lowest BCUT2D eigenvalue weighted by molar-refractivity contribution is -0.112. The van der Waals surface area contributed by atoms with E-state index in [0.29, 0.717) is 0 Å². The molecular weight excluding hydrogens is 152 g/mol. The predicted octanol–water partition coefficient (Wildman–Crippen LogP) is 1.93. The quantitative estimate of drug-likeness (QED) is 0.654. The average molecular weight is 170 g/mol. The van der Waals surface area contributed by atoms with Gasteiger partial charge in [-0.25, -0.2) is 0 Å². The molecule has 0 saturated carbocycles. The van der Waals surface area contributed by atoms with Crippen molar-refractivity contribution in [2.75, 3.05) is 0 Å². The molecule has 1 N–H and O–H groups in total. The molecule has 0 bridgehead atoms. The van der Waals surface area contributed by atoms with Crippen LogP contribution in [-0.2, 0) is 4.79 Å². The Bertz CT molecular complexity index is 180. The summed E-state index contributed by atoms with van der Waals surface area (Å²) in [7, 11) is 0. The van der Waals surface area contributed by atoms with Crippen molar-refractivity contribution in [3.63, 3.8) is 0 Å². The van der Waals surface area contributed by atoms with E-state index >= 15 is 0 Å². The summed E-state index contributed by atoms with van der Waals surface area (Å²) in [5.74, 6) is -0.0269. The highest BCUT2D eigenvalue weighted by Crippen LogP contribution is 2.25. The topological polar surface area (TPSA) is 37.3 Å². The number of allylic oxidation sites excluding steroid dienone is 1. The van der Waals surface area contributed by atoms with Gasteiger partial charge in [0.25, 0.3) is 0 Å². The van der Waals surface area contributed by atoms with Gasteiger partial charge in [0.1, 0.15) is 0 Å². The Morgan fingerprint density at radius 1 is 1.58 bits per heavy atom. The number of hydrogen-bond acceptors (Lipinski definition) is 2. The molecule has 0 radical (unpaired) electrons. The van der Waals surface area contributed by atoms with E-state index < -0.39 is 6.10 Å². The van der Waals surface area contributed by atoms with Gasteiger partial charge in [-0.15, -0.1) is 0 Å². The van der Waals surface area contributed by atoms with Crippen LogP contribution in [0.5, 0.6) is 0 Å².